The Balaban J connectivity index is 1.43. The minimum atomic E-state index is -0.387. The van der Waals surface area contributed by atoms with E-state index in [4.69, 9.17) is 9.47 Å². The molecule has 3 heteroatoms. The van der Waals surface area contributed by atoms with Crippen LogP contribution in [0.5, 0.6) is 0 Å². The van der Waals surface area contributed by atoms with Crippen molar-refractivity contribution in [2.45, 2.75) is 141 Å². The van der Waals surface area contributed by atoms with E-state index in [1.165, 1.54) is 102 Å². The van der Waals surface area contributed by atoms with Gasteiger partial charge in [-0.3, -0.25) is 4.79 Å². The first-order chi connectivity index (χ1) is 16.2. The Kier molecular flexibility index (Phi) is 15.2. The third kappa shape index (κ3) is 13.2. The zero-order chi connectivity index (χ0) is 23.5. The summed E-state index contributed by atoms with van der Waals surface area (Å²) in [6.07, 6.45) is 24.3. The van der Waals surface area contributed by atoms with E-state index in [0.717, 1.165) is 19.3 Å². The molecule has 1 aromatic rings. The molecular formula is C30H50O3. The maximum Gasteiger partial charge on any atom is 0.306 e. The minimum absolute atomic E-state index is 0.0604. The summed E-state index contributed by atoms with van der Waals surface area (Å²) in [4.78, 5) is 11.8. The molecule has 1 aliphatic rings. The van der Waals surface area contributed by atoms with Crippen LogP contribution in [0.1, 0.15) is 134 Å². The van der Waals surface area contributed by atoms with E-state index in [0.29, 0.717) is 19.6 Å². The first kappa shape index (κ1) is 27.9. The van der Waals surface area contributed by atoms with Crippen molar-refractivity contribution in [3.8, 4) is 0 Å². The molecule has 1 fully saturated rings. The van der Waals surface area contributed by atoms with Crippen LogP contribution in [0.3, 0.4) is 0 Å². The summed E-state index contributed by atoms with van der Waals surface area (Å²) in [6, 6.07) is 10.2. The largest absolute Gasteiger partial charge is 0.457 e. The summed E-state index contributed by atoms with van der Waals surface area (Å²) in [7, 11) is 0. The average molecular weight is 459 g/mol. The summed E-state index contributed by atoms with van der Waals surface area (Å²) in [6.45, 7) is 3.39. The molecule has 0 radical (unpaired) electrons. The zero-order valence-electron chi connectivity index (χ0n) is 21.5. The highest BCUT2D eigenvalue weighted by atomic mass is 16.6. The number of benzene rings is 1. The molecule has 0 bridgehead atoms. The molecule has 1 saturated heterocycles. The van der Waals surface area contributed by atoms with Crippen LogP contribution in [0.15, 0.2) is 30.3 Å². The van der Waals surface area contributed by atoms with E-state index >= 15 is 0 Å². The Morgan fingerprint density at radius 2 is 1.27 bits per heavy atom. The van der Waals surface area contributed by atoms with Gasteiger partial charge in [0.2, 0.25) is 0 Å². The van der Waals surface area contributed by atoms with Crippen LogP contribution in [-0.4, -0.2) is 18.2 Å². The van der Waals surface area contributed by atoms with E-state index in [2.05, 4.69) is 19.1 Å². The maximum absolute atomic E-state index is 11.8. The summed E-state index contributed by atoms with van der Waals surface area (Å²) in [5.41, 5.74) is 0.779. The van der Waals surface area contributed by atoms with E-state index in [1.807, 2.05) is 18.2 Å². The molecule has 3 nitrogen and oxygen atoms in total. The predicted octanol–water partition coefficient (Wildman–Crippen LogP) is 8.93. The molecule has 1 unspecified atom stereocenters. The highest BCUT2D eigenvalue weighted by molar-refractivity contribution is 5.72. The normalized spacial score (nSPS) is 18.0. The van der Waals surface area contributed by atoms with Crippen molar-refractivity contribution < 1.29 is 14.3 Å². The number of cyclic esters (lactones) is 1. The third-order valence-electron chi connectivity index (χ3n) is 7.08. The maximum atomic E-state index is 11.8. The molecule has 1 aromatic carbocycles. The van der Waals surface area contributed by atoms with Gasteiger partial charge in [0.15, 0.2) is 0 Å². The van der Waals surface area contributed by atoms with Crippen LogP contribution in [0, 0.1) is 0 Å². The van der Waals surface area contributed by atoms with Crippen molar-refractivity contribution in [3.05, 3.63) is 35.9 Å². The van der Waals surface area contributed by atoms with Crippen molar-refractivity contribution >= 4 is 5.97 Å². The van der Waals surface area contributed by atoms with Crippen molar-refractivity contribution in [1.82, 2.24) is 0 Å². The van der Waals surface area contributed by atoms with Crippen LogP contribution in [0.2, 0.25) is 0 Å². The van der Waals surface area contributed by atoms with E-state index in [-0.39, 0.29) is 11.6 Å². The van der Waals surface area contributed by atoms with Crippen LogP contribution < -0.4 is 0 Å². The van der Waals surface area contributed by atoms with Crippen LogP contribution >= 0.6 is 0 Å². The lowest BCUT2D eigenvalue weighted by Gasteiger charge is -2.27. The number of rotatable bonds is 21. The van der Waals surface area contributed by atoms with Crippen molar-refractivity contribution in [2.24, 2.45) is 0 Å². The number of unbranched alkanes of at least 4 members (excludes halogenated alkanes) is 15. The molecule has 0 amide bonds. The van der Waals surface area contributed by atoms with Crippen molar-refractivity contribution in [3.63, 3.8) is 0 Å². The second-order valence-electron chi connectivity index (χ2n) is 10.2. The fourth-order valence-electron chi connectivity index (χ4n) is 4.95. The number of carbonyl (C=O) groups excluding carboxylic acids is 1. The van der Waals surface area contributed by atoms with Crippen molar-refractivity contribution in [2.75, 3.05) is 6.61 Å². The molecule has 0 aromatic heterocycles. The number of esters is 1. The fraction of sp³-hybridized carbons (Fsp3) is 0.767. The Morgan fingerprint density at radius 3 is 1.76 bits per heavy atom. The lowest BCUT2D eigenvalue weighted by Crippen LogP contribution is -2.34. The number of hydrogen-bond acceptors (Lipinski definition) is 3. The molecule has 0 N–H and O–H groups in total. The Hall–Kier alpha value is -1.35. The number of hydrogen-bond donors (Lipinski definition) is 0. The van der Waals surface area contributed by atoms with Crippen LogP contribution in [-0.2, 0) is 20.9 Å². The third-order valence-corrected chi connectivity index (χ3v) is 7.08. The quantitative estimate of drug-likeness (QED) is 0.136. The SMILES string of the molecule is CCCCCCCCCCCCCCCCCCC1(COCc2ccccc2)CCC(=O)O1. The highest BCUT2D eigenvalue weighted by Crippen LogP contribution is 2.33. The Bertz CT molecular complexity index is 600. The zero-order valence-corrected chi connectivity index (χ0v) is 21.5. The molecule has 0 saturated carbocycles. The summed E-state index contributed by atoms with van der Waals surface area (Å²) < 4.78 is 11.7. The topological polar surface area (TPSA) is 35.5 Å². The molecule has 188 valence electrons. The lowest BCUT2D eigenvalue weighted by atomic mass is 9.93. The van der Waals surface area contributed by atoms with Gasteiger partial charge in [-0.1, -0.05) is 134 Å². The van der Waals surface area contributed by atoms with Gasteiger partial charge in [-0.2, -0.15) is 0 Å². The summed E-state index contributed by atoms with van der Waals surface area (Å²) in [5.74, 6) is -0.0604. The van der Waals surface area contributed by atoms with E-state index in [9.17, 15) is 4.79 Å². The minimum Gasteiger partial charge on any atom is -0.457 e. The first-order valence-corrected chi connectivity index (χ1v) is 14.1. The van der Waals surface area contributed by atoms with Crippen LogP contribution in [0.4, 0.5) is 0 Å². The molecule has 1 heterocycles. The summed E-state index contributed by atoms with van der Waals surface area (Å²) in [5, 5.41) is 0. The van der Waals surface area contributed by atoms with Gasteiger partial charge >= 0.3 is 5.97 Å². The smallest absolute Gasteiger partial charge is 0.306 e. The first-order valence-electron chi connectivity index (χ1n) is 14.1. The van der Waals surface area contributed by atoms with Gasteiger partial charge in [-0.15, -0.1) is 0 Å². The Labute approximate surface area is 204 Å². The van der Waals surface area contributed by atoms with Gasteiger partial charge in [0.25, 0.3) is 0 Å². The van der Waals surface area contributed by atoms with Crippen LogP contribution in [0.25, 0.3) is 0 Å². The fourth-order valence-corrected chi connectivity index (χ4v) is 4.95. The van der Waals surface area contributed by atoms with Gasteiger partial charge in [0.05, 0.1) is 13.2 Å². The standard InChI is InChI=1S/C30H50O3/c1-2-3-4-5-6-7-8-9-10-11-12-13-14-15-16-20-24-30(25-23-29(31)33-30)27-32-26-28-21-18-17-19-22-28/h17-19,21-22H,2-16,20,23-27H2,1H3. The molecule has 0 spiro atoms. The second-order valence-corrected chi connectivity index (χ2v) is 10.2. The molecular weight excluding hydrogens is 408 g/mol. The molecule has 0 aliphatic carbocycles. The monoisotopic (exact) mass is 458 g/mol. The van der Waals surface area contributed by atoms with Gasteiger partial charge in [-0.05, 0) is 24.8 Å². The van der Waals surface area contributed by atoms with E-state index in [1.54, 1.807) is 0 Å². The second kappa shape index (κ2) is 18.0. The predicted molar refractivity (Wildman–Crippen MR) is 138 cm³/mol. The molecule has 2 rings (SSSR count). The van der Waals surface area contributed by atoms with Gasteiger partial charge in [0, 0.05) is 6.42 Å². The van der Waals surface area contributed by atoms with Gasteiger partial charge in [-0.25, -0.2) is 0 Å². The highest BCUT2D eigenvalue weighted by Gasteiger charge is 2.40. The average Bonchev–Trinajstić information content (AvgIpc) is 3.20. The summed E-state index contributed by atoms with van der Waals surface area (Å²) >= 11 is 0. The lowest BCUT2D eigenvalue weighted by molar-refractivity contribution is -0.154. The van der Waals surface area contributed by atoms with Crippen molar-refractivity contribution in [1.29, 1.82) is 0 Å². The Morgan fingerprint density at radius 1 is 0.758 bits per heavy atom. The molecule has 33 heavy (non-hydrogen) atoms. The van der Waals surface area contributed by atoms with E-state index < -0.39 is 0 Å². The van der Waals surface area contributed by atoms with Gasteiger partial charge < -0.3 is 9.47 Å². The number of ether oxygens (including phenoxy) is 2. The molecule has 1 aliphatic heterocycles. The van der Waals surface area contributed by atoms with Gasteiger partial charge in [0.1, 0.15) is 5.60 Å². The molecule has 1 atom stereocenters. The number of carbonyl (C=O) groups is 1.